The first-order chi connectivity index (χ1) is 6.81. The van der Waals surface area contributed by atoms with Crippen LogP contribution in [-0.2, 0) is 0 Å². The molecule has 0 aromatic rings. The quantitative estimate of drug-likeness (QED) is 0.581. The number of urea groups is 1. The van der Waals surface area contributed by atoms with Crippen molar-refractivity contribution in [2.24, 2.45) is 0 Å². The van der Waals surface area contributed by atoms with Crippen molar-refractivity contribution in [2.75, 3.05) is 13.1 Å². The molecule has 0 fully saturated rings. The van der Waals surface area contributed by atoms with E-state index >= 15 is 0 Å². The summed E-state index contributed by atoms with van der Waals surface area (Å²) in [6.45, 7) is 5.91. The summed E-state index contributed by atoms with van der Waals surface area (Å²) < 4.78 is 0. The predicted molar refractivity (Wildman–Crippen MR) is 60.5 cm³/mol. The van der Waals surface area contributed by atoms with Gasteiger partial charge in [0.1, 0.15) is 0 Å². The second kappa shape index (κ2) is 10.4. The number of carbonyl (C=O) groups is 1. The van der Waals surface area contributed by atoms with E-state index in [1.54, 1.807) is 0 Å². The maximum Gasteiger partial charge on any atom is 0.314 e. The third kappa shape index (κ3) is 9.36. The first kappa shape index (κ1) is 13.3. The predicted octanol–water partition coefficient (Wildman–Crippen LogP) is 2.67. The maximum atomic E-state index is 11.1. The second-order valence-corrected chi connectivity index (χ2v) is 3.60. The zero-order chi connectivity index (χ0) is 10.6. The zero-order valence-electron chi connectivity index (χ0n) is 9.57. The highest BCUT2D eigenvalue weighted by molar-refractivity contribution is 5.73. The number of rotatable bonds is 8. The van der Waals surface area contributed by atoms with E-state index in [4.69, 9.17) is 0 Å². The van der Waals surface area contributed by atoms with Gasteiger partial charge in [0.05, 0.1) is 0 Å². The van der Waals surface area contributed by atoms with Gasteiger partial charge in [-0.05, 0) is 12.8 Å². The third-order valence-corrected chi connectivity index (χ3v) is 2.13. The Balaban J connectivity index is 3.11. The average molecular weight is 200 g/mol. The number of nitrogens with one attached hydrogen (secondary N) is 2. The van der Waals surface area contributed by atoms with Gasteiger partial charge in [0.15, 0.2) is 0 Å². The minimum Gasteiger partial charge on any atom is -0.338 e. The summed E-state index contributed by atoms with van der Waals surface area (Å²) in [5, 5.41) is 5.69. The van der Waals surface area contributed by atoms with Gasteiger partial charge in [-0.15, -0.1) is 0 Å². The third-order valence-electron chi connectivity index (χ3n) is 2.13. The van der Waals surface area contributed by atoms with Crippen molar-refractivity contribution in [1.29, 1.82) is 0 Å². The van der Waals surface area contributed by atoms with Gasteiger partial charge in [0.25, 0.3) is 0 Å². The Labute approximate surface area is 87.6 Å². The van der Waals surface area contributed by atoms with E-state index in [9.17, 15) is 4.79 Å². The van der Waals surface area contributed by atoms with E-state index in [1.807, 2.05) is 0 Å². The molecule has 2 N–H and O–H groups in total. The van der Waals surface area contributed by atoms with E-state index in [0.29, 0.717) is 0 Å². The van der Waals surface area contributed by atoms with E-state index < -0.39 is 0 Å². The Kier molecular flexibility index (Phi) is 9.81. The topological polar surface area (TPSA) is 41.1 Å². The summed E-state index contributed by atoms with van der Waals surface area (Å²) in [4.78, 5) is 11.1. The molecule has 0 unspecified atom stereocenters. The van der Waals surface area contributed by atoms with Crippen molar-refractivity contribution in [3.05, 3.63) is 0 Å². The smallest absolute Gasteiger partial charge is 0.314 e. The molecule has 0 bridgehead atoms. The Morgan fingerprint density at radius 2 is 1.29 bits per heavy atom. The van der Waals surface area contributed by atoms with Crippen LogP contribution in [-0.4, -0.2) is 19.1 Å². The SMILES string of the molecule is CCCCCNC(=O)NCCCCC. The molecule has 2 amide bonds. The molecular formula is C11H24N2O. The van der Waals surface area contributed by atoms with Gasteiger partial charge in [0.2, 0.25) is 0 Å². The van der Waals surface area contributed by atoms with Crippen LogP contribution in [0, 0.1) is 0 Å². The number of hydrogen-bond donors (Lipinski definition) is 2. The second-order valence-electron chi connectivity index (χ2n) is 3.60. The summed E-state index contributed by atoms with van der Waals surface area (Å²) in [6, 6.07) is -0.0165. The molecule has 0 aliphatic rings. The van der Waals surface area contributed by atoms with Crippen LogP contribution in [0.15, 0.2) is 0 Å². The molecule has 0 saturated carbocycles. The molecule has 0 aromatic heterocycles. The molecule has 14 heavy (non-hydrogen) atoms. The molecule has 0 heterocycles. The Hall–Kier alpha value is -0.730. The average Bonchev–Trinajstić information content (AvgIpc) is 2.19. The molecule has 0 radical (unpaired) electrons. The Morgan fingerprint density at radius 3 is 1.64 bits per heavy atom. The summed E-state index contributed by atoms with van der Waals surface area (Å²) >= 11 is 0. The van der Waals surface area contributed by atoms with Gasteiger partial charge < -0.3 is 10.6 Å². The van der Waals surface area contributed by atoms with Crippen molar-refractivity contribution < 1.29 is 4.79 Å². The van der Waals surface area contributed by atoms with Crippen molar-refractivity contribution in [3.8, 4) is 0 Å². The summed E-state index contributed by atoms with van der Waals surface area (Å²) in [5.41, 5.74) is 0. The maximum absolute atomic E-state index is 11.1. The lowest BCUT2D eigenvalue weighted by molar-refractivity contribution is 0.240. The van der Waals surface area contributed by atoms with E-state index in [0.717, 1.165) is 25.9 Å². The molecule has 3 heteroatoms. The molecule has 0 atom stereocenters. The standard InChI is InChI=1S/C11H24N2O/c1-3-5-7-9-12-11(14)13-10-8-6-4-2/h3-10H2,1-2H3,(H2,12,13,14). The van der Waals surface area contributed by atoms with Crippen molar-refractivity contribution >= 4 is 6.03 Å². The van der Waals surface area contributed by atoms with Gasteiger partial charge in [-0.3, -0.25) is 0 Å². The lowest BCUT2D eigenvalue weighted by Crippen LogP contribution is -2.36. The van der Waals surface area contributed by atoms with Crippen LogP contribution in [0.5, 0.6) is 0 Å². The van der Waals surface area contributed by atoms with Gasteiger partial charge in [-0.1, -0.05) is 39.5 Å². The van der Waals surface area contributed by atoms with E-state index in [2.05, 4.69) is 24.5 Å². The lowest BCUT2D eigenvalue weighted by atomic mass is 10.2. The van der Waals surface area contributed by atoms with E-state index in [-0.39, 0.29) is 6.03 Å². The van der Waals surface area contributed by atoms with Crippen molar-refractivity contribution in [2.45, 2.75) is 52.4 Å². The highest BCUT2D eigenvalue weighted by Crippen LogP contribution is 1.92. The molecule has 0 saturated heterocycles. The van der Waals surface area contributed by atoms with Gasteiger partial charge >= 0.3 is 6.03 Å². The first-order valence-corrected chi connectivity index (χ1v) is 5.83. The van der Waals surface area contributed by atoms with Crippen LogP contribution < -0.4 is 10.6 Å². The number of hydrogen-bond acceptors (Lipinski definition) is 1. The Morgan fingerprint density at radius 1 is 0.857 bits per heavy atom. The Bertz CT molecular complexity index is 123. The normalized spacial score (nSPS) is 9.86. The molecule has 0 aromatic carbocycles. The zero-order valence-corrected chi connectivity index (χ0v) is 9.57. The van der Waals surface area contributed by atoms with Crippen LogP contribution in [0.4, 0.5) is 4.79 Å². The molecule has 3 nitrogen and oxygen atoms in total. The van der Waals surface area contributed by atoms with Crippen molar-refractivity contribution in [1.82, 2.24) is 10.6 Å². The minimum atomic E-state index is -0.0165. The summed E-state index contributed by atoms with van der Waals surface area (Å²) in [6.07, 6.45) is 6.93. The van der Waals surface area contributed by atoms with Crippen LogP contribution in [0.25, 0.3) is 0 Å². The summed E-state index contributed by atoms with van der Waals surface area (Å²) in [5.74, 6) is 0. The fourth-order valence-corrected chi connectivity index (χ4v) is 1.22. The molecule has 0 aliphatic carbocycles. The molecule has 84 valence electrons. The number of unbranched alkanes of at least 4 members (excludes halogenated alkanes) is 4. The van der Waals surface area contributed by atoms with Crippen LogP contribution >= 0.6 is 0 Å². The molecule has 0 rings (SSSR count). The number of carbonyl (C=O) groups excluding carboxylic acids is 1. The van der Waals surface area contributed by atoms with Crippen LogP contribution in [0.1, 0.15) is 52.4 Å². The first-order valence-electron chi connectivity index (χ1n) is 5.83. The highest BCUT2D eigenvalue weighted by Gasteiger charge is 1.96. The monoisotopic (exact) mass is 200 g/mol. The van der Waals surface area contributed by atoms with Gasteiger partial charge in [-0.25, -0.2) is 4.79 Å². The lowest BCUT2D eigenvalue weighted by Gasteiger charge is -2.06. The van der Waals surface area contributed by atoms with Crippen LogP contribution in [0.2, 0.25) is 0 Å². The fourth-order valence-electron chi connectivity index (χ4n) is 1.22. The molecule has 0 aliphatic heterocycles. The van der Waals surface area contributed by atoms with Gasteiger partial charge in [-0.2, -0.15) is 0 Å². The van der Waals surface area contributed by atoms with E-state index in [1.165, 1.54) is 25.7 Å². The fraction of sp³-hybridized carbons (Fsp3) is 0.909. The van der Waals surface area contributed by atoms with Gasteiger partial charge in [0, 0.05) is 13.1 Å². The molecular weight excluding hydrogens is 176 g/mol. The van der Waals surface area contributed by atoms with Crippen LogP contribution in [0.3, 0.4) is 0 Å². The summed E-state index contributed by atoms with van der Waals surface area (Å²) in [7, 11) is 0. The highest BCUT2D eigenvalue weighted by atomic mass is 16.2. The largest absolute Gasteiger partial charge is 0.338 e. The molecule has 0 spiro atoms. The van der Waals surface area contributed by atoms with Crippen molar-refractivity contribution in [3.63, 3.8) is 0 Å². The minimum absolute atomic E-state index is 0.0165. The number of amides is 2.